The minimum absolute atomic E-state index is 0.0158. The van der Waals surface area contributed by atoms with Crippen LogP contribution in [0.4, 0.5) is 21.8 Å². The number of nitrogens with one attached hydrogen (secondary N) is 1. The van der Waals surface area contributed by atoms with Crippen molar-refractivity contribution in [2.24, 2.45) is 11.8 Å². The molecule has 1 aromatic carbocycles. The number of hydrogen-bond donors (Lipinski definition) is 1. The number of pyridine rings is 1. The molecule has 37 heavy (non-hydrogen) atoms. The number of halogens is 2. The molecule has 2 aliphatic heterocycles. The van der Waals surface area contributed by atoms with Crippen molar-refractivity contribution in [2.45, 2.75) is 32.8 Å². The molecule has 10 heteroatoms. The second kappa shape index (κ2) is 10.9. The summed E-state index contributed by atoms with van der Waals surface area (Å²) in [5.41, 5.74) is 2.66. The van der Waals surface area contributed by atoms with E-state index in [1.807, 2.05) is 25.4 Å². The number of aryl methyl sites for hydroxylation is 2. The average molecular weight is 523 g/mol. The average Bonchev–Trinajstić information content (AvgIpc) is 2.91. The van der Waals surface area contributed by atoms with E-state index in [9.17, 15) is 0 Å². The second-order valence-electron chi connectivity index (χ2n) is 9.35. The van der Waals surface area contributed by atoms with Crippen LogP contribution in [0.5, 0.6) is 5.75 Å². The number of piperidine rings is 1. The number of hydrogen-bond acceptors (Lipinski definition) is 8. The molecule has 2 atom stereocenters. The Morgan fingerprint density at radius 3 is 2.49 bits per heavy atom. The first-order valence-corrected chi connectivity index (χ1v) is 12.8. The maximum Gasteiger partial charge on any atom is 0.225 e. The van der Waals surface area contributed by atoms with E-state index in [0.717, 1.165) is 12.0 Å². The van der Waals surface area contributed by atoms with Gasteiger partial charge in [0.25, 0.3) is 0 Å². The summed E-state index contributed by atoms with van der Waals surface area (Å²) in [6.07, 6.45) is 6.61. The Morgan fingerprint density at radius 2 is 1.86 bits per heavy atom. The van der Waals surface area contributed by atoms with Gasteiger partial charge >= 0.3 is 0 Å². The highest BCUT2D eigenvalue weighted by Gasteiger charge is 2.43. The third-order valence-corrected chi connectivity index (χ3v) is 7.23. The Hall–Kier alpha value is -3.48. The summed E-state index contributed by atoms with van der Waals surface area (Å²) >= 11 is 6.29. The Balaban J connectivity index is 1.38. The molecule has 2 bridgehead atoms. The van der Waals surface area contributed by atoms with Crippen LogP contribution in [-0.2, 0) is 17.6 Å². The third kappa shape index (κ3) is 5.17. The Morgan fingerprint density at radius 1 is 1.14 bits per heavy atom. The molecule has 0 amide bonds. The van der Waals surface area contributed by atoms with Gasteiger partial charge in [0.2, 0.25) is 11.8 Å². The first-order chi connectivity index (χ1) is 18.0. The molecule has 3 aromatic rings. The molecule has 192 valence electrons. The molecule has 0 saturated carbocycles. The van der Waals surface area contributed by atoms with Gasteiger partial charge in [-0.3, -0.25) is 0 Å². The van der Waals surface area contributed by atoms with Crippen LogP contribution in [0.25, 0.3) is 0 Å². The molecular formula is C27H28ClFN6O2. The van der Waals surface area contributed by atoms with E-state index >= 15 is 4.39 Å². The number of fused-ring (bicyclic) bond motifs is 2. The zero-order valence-electron chi connectivity index (χ0n) is 20.7. The maximum absolute atomic E-state index is 15.8. The zero-order chi connectivity index (χ0) is 25.9. The van der Waals surface area contributed by atoms with E-state index < -0.39 is 5.82 Å². The number of anilines is 3. The molecule has 1 N–H and O–H groups in total. The van der Waals surface area contributed by atoms with Crippen LogP contribution in [0.1, 0.15) is 30.5 Å². The number of ether oxygens (including phenoxy) is 2. The van der Waals surface area contributed by atoms with Crippen molar-refractivity contribution >= 4 is 29.1 Å². The predicted octanol–water partition coefficient (Wildman–Crippen LogP) is 4.93. The van der Waals surface area contributed by atoms with Crippen LogP contribution in [-0.4, -0.2) is 47.4 Å². The molecule has 0 radical (unpaired) electrons. The summed E-state index contributed by atoms with van der Waals surface area (Å²) in [4.78, 5) is 15.5. The van der Waals surface area contributed by atoms with Gasteiger partial charge in [0.05, 0.1) is 35.6 Å². The largest absolute Gasteiger partial charge is 0.486 e. The summed E-state index contributed by atoms with van der Waals surface area (Å²) in [5, 5.41) is 12.3. The highest BCUT2D eigenvalue weighted by atomic mass is 35.5. The Labute approximate surface area is 220 Å². The fourth-order valence-corrected chi connectivity index (χ4v) is 5.10. The number of nitriles is 1. The fraction of sp³-hybridized carbons (Fsp3) is 0.407. The van der Waals surface area contributed by atoms with E-state index in [1.165, 1.54) is 6.07 Å². The van der Waals surface area contributed by atoms with Crippen LogP contribution in [0, 0.1) is 29.0 Å². The van der Waals surface area contributed by atoms with Crippen molar-refractivity contribution in [1.82, 2.24) is 15.0 Å². The highest BCUT2D eigenvalue weighted by molar-refractivity contribution is 6.33. The van der Waals surface area contributed by atoms with E-state index in [4.69, 9.17) is 26.3 Å². The molecule has 8 nitrogen and oxygen atoms in total. The molecule has 2 fully saturated rings. The van der Waals surface area contributed by atoms with E-state index in [1.54, 1.807) is 18.3 Å². The zero-order valence-corrected chi connectivity index (χ0v) is 21.5. The van der Waals surface area contributed by atoms with E-state index in [2.05, 4.69) is 32.1 Å². The number of rotatable bonds is 7. The van der Waals surface area contributed by atoms with Gasteiger partial charge in [0.15, 0.2) is 11.6 Å². The van der Waals surface area contributed by atoms with Crippen molar-refractivity contribution in [3.63, 3.8) is 0 Å². The molecule has 0 aliphatic carbocycles. The van der Waals surface area contributed by atoms with Crippen molar-refractivity contribution in [2.75, 3.05) is 36.5 Å². The van der Waals surface area contributed by atoms with Gasteiger partial charge in [-0.25, -0.2) is 15.0 Å². The second-order valence-corrected chi connectivity index (χ2v) is 9.76. The maximum atomic E-state index is 15.8. The summed E-state index contributed by atoms with van der Waals surface area (Å²) in [6, 6.07) is 6.79. The smallest absolute Gasteiger partial charge is 0.225 e. The quantitative estimate of drug-likeness (QED) is 0.466. The lowest BCUT2D eigenvalue weighted by Crippen LogP contribution is -2.58. The molecule has 2 saturated heterocycles. The van der Waals surface area contributed by atoms with Gasteiger partial charge in [0.1, 0.15) is 6.10 Å². The van der Waals surface area contributed by atoms with Crippen molar-refractivity contribution in [3.8, 4) is 11.8 Å². The Bertz CT molecular complexity index is 1300. The number of benzene rings is 1. The van der Waals surface area contributed by atoms with Gasteiger partial charge in [-0.2, -0.15) is 9.65 Å². The van der Waals surface area contributed by atoms with Crippen LogP contribution < -0.4 is 15.0 Å². The summed E-state index contributed by atoms with van der Waals surface area (Å²) in [7, 11) is 0. The standard InChI is InChI=1S/C27H28ClFN6O2/c1-3-16-9-32-27(33-10-16)35-12-19-14-36-15-20(13-35)24(19)37-25-18(4-2)11-31-26(23(25)29)34-22-6-5-17(8-30)7-21(22)28/h5-7,9-11,19-20,24H,3-4,12-15H2,1-2H3,(H,31,34). The molecule has 4 heterocycles. The fourth-order valence-electron chi connectivity index (χ4n) is 4.87. The molecule has 2 aromatic heterocycles. The van der Waals surface area contributed by atoms with Gasteiger partial charge in [-0.15, -0.1) is 0 Å². The van der Waals surface area contributed by atoms with Crippen molar-refractivity contribution in [1.29, 1.82) is 5.26 Å². The minimum atomic E-state index is -0.570. The molecule has 0 spiro atoms. The number of nitrogens with zero attached hydrogens (tertiary/aromatic N) is 5. The van der Waals surface area contributed by atoms with Crippen LogP contribution in [0.3, 0.4) is 0 Å². The topological polar surface area (TPSA) is 96.2 Å². The van der Waals surface area contributed by atoms with E-state index in [0.29, 0.717) is 60.5 Å². The third-order valence-electron chi connectivity index (χ3n) is 6.92. The summed E-state index contributed by atoms with van der Waals surface area (Å²) < 4.78 is 28.1. The van der Waals surface area contributed by atoms with Crippen LogP contribution >= 0.6 is 11.6 Å². The molecule has 2 aliphatic rings. The Kier molecular flexibility index (Phi) is 7.40. The summed E-state index contributed by atoms with van der Waals surface area (Å²) in [5.74, 6) is 0.403. The van der Waals surface area contributed by atoms with Crippen LogP contribution in [0.2, 0.25) is 5.02 Å². The molecular weight excluding hydrogens is 495 g/mol. The van der Waals surface area contributed by atoms with Crippen molar-refractivity contribution < 1.29 is 13.9 Å². The SMILES string of the molecule is CCc1cnc(N2CC3COCC(C2)C3Oc2c(CC)cnc(Nc3ccc(C#N)cc3Cl)c2F)nc1. The van der Waals surface area contributed by atoms with Crippen LogP contribution in [0.15, 0.2) is 36.8 Å². The van der Waals surface area contributed by atoms with Gasteiger partial charge in [-0.1, -0.05) is 25.4 Å². The monoisotopic (exact) mass is 522 g/mol. The minimum Gasteiger partial charge on any atom is -0.486 e. The van der Waals surface area contributed by atoms with Gasteiger partial charge in [-0.05, 0) is 36.6 Å². The highest BCUT2D eigenvalue weighted by Crippen LogP contribution is 2.37. The van der Waals surface area contributed by atoms with Gasteiger partial charge in [0, 0.05) is 49.1 Å². The lowest BCUT2D eigenvalue weighted by atomic mass is 9.84. The predicted molar refractivity (Wildman–Crippen MR) is 139 cm³/mol. The molecule has 5 rings (SSSR count). The van der Waals surface area contributed by atoms with E-state index in [-0.39, 0.29) is 29.5 Å². The number of aromatic nitrogens is 3. The molecule has 2 unspecified atom stereocenters. The first kappa shape index (κ1) is 25.2. The lowest BCUT2D eigenvalue weighted by Gasteiger charge is -2.46. The normalized spacial score (nSPS) is 20.8. The first-order valence-electron chi connectivity index (χ1n) is 12.4. The van der Waals surface area contributed by atoms with Crippen molar-refractivity contribution in [3.05, 3.63) is 64.3 Å². The lowest BCUT2D eigenvalue weighted by molar-refractivity contribution is -0.0768. The van der Waals surface area contributed by atoms with Gasteiger partial charge < -0.3 is 19.7 Å². The summed E-state index contributed by atoms with van der Waals surface area (Å²) in [6.45, 7) is 6.37.